The van der Waals surface area contributed by atoms with Gasteiger partial charge >= 0.3 is 0 Å². The Bertz CT molecular complexity index is 1210. The molecule has 0 unspecified atom stereocenters. The maximum absolute atomic E-state index is 12.8. The van der Waals surface area contributed by atoms with Crippen LogP contribution in [0.5, 0.6) is 11.6 Å². The van der Waals surface area contributed by atoms with E-state index in [9.17, 15) is 9.59 Å². The Morgan fingerprint density at radius 2 is 1.87 bits per heavy atom. The van der Waals surface area contributed by atoms with Gasteiger partial charge in [-0.3, -0.25) is 9.59 Å². The molecule has 1 saturated carbocycles. The molecular formula is C24H19N3O3. The number of Topliss-reactive ketones (excluding diaryl/α,β-unsaturated/α-hetero) is 1. The summed E-state index contributed by atoms with van der Waals surface area (Å²) < 4.78 is 5.99. The fourth-order valence-corrected chi connectivity index (χ4v) is 3.86. The number of para-hydroxylation sites is 2. The van der Waals surface area contributed by atoms with Crippen molar-refractivity contribution in [2.75, 3.05) is 0 Å². The van der Waals surface area contributed by atoms with E-state index in [-0.39, 0.29) is 17.5 Å². The summed E-state index contributed by atoms with van der Waals surface area (Å²) in [4.78, 5) is 36.2. The highest BCUT2D eigenvalue weighted by Crippen LogP contribution is 2.37. The first-order chi connectivity index (χ1) is 14.7. The van der Waals surface area contributed by atoms with Crippen LogP contribution < -0.4 is 4.74 Å². The van der Waals surface area contributed by atoms with Crippen LogP contribution in [0, 0.1) is 0 Å². The molecule has 6 heteroatoms. The number of H-pyrrole nitrogens is 1. The van der Waals surface area contributed by atoms with Crippen LogP contribution in [0.4, 0.5) is 0 Å². The van der Waals surface area contributed by atoms with E-state index >= 15 is 0 Å². The third kappa shape index (κ3) is 3.48. The zero-order valence-electron chi connectivity index (χ0n) is 16.2. The smallest absolute Gasteiger partial charge is 0.228 e. The lowest BCUT2D eigenvalue weighted by atomic mass is 9.99. The van der Waals surface area contributed by atoms with Crippen molar-refractivity contribution >= 4 is 22.6 Å². The first-order valence-corrected chi connectivity index (χ1v) is 9.91. The standard InChI is InChI=1S/C24H19N3O3/c28-17-10-7-16(14-17)19-4-3-13-25-24(19)30-18-11-8-15(9-12-18)22(29)23-26-20-5-1-2-6-21(20)27-23/h1-6,8-9,11-13,16H,7,10,14H2,(H,26,27)/t16-/m1/s1. The number of carbonyl (C=O) groups excluding carboxylic acids is 2. The summed E-state index contributed by atoms with van der Waals surface area (Å²) in [5.41, 5.74) is 3.05. The van der Waals surface area contributed by atoms with Crippen molar-refractivity contribution in [1.29, 1.82) is 0 Å². The monoisotopic (exact) mass is 397 g/mol. The molecular weight excluding hydrogens is 378 g/mol. The number of hydrogen-bond acceptors (Lipinski definition) is 5. The molecule has 0 saturated heterocycles. The number of imidazole rings is 1. The van der Waals surface area contributed by atoms with Gasteiger partial charge in [-0.15, -0.1) is 0 Å². The number of fused-ring (bicyclic) bond motifs is 1. The molecule has 2 heterocycles. The van der Waals surface area contributed by atoms with E-state index in [1.807, 2.05) is 36.4 Å². The van der Waals surface area contributed by atoms with Gasteiger partial charge in [0.05, 0.1) is 11.0 Å². The number of nitrogens with zero attached hydrogens (tertiary/aromatic N) is 2. The van der Waals surface area contributed by atoms with E-state index in [1.54, 1.807) is 30.5 Å². The molecule has 4 aromatic rings. The Morgan fingerprint density at radius 3 is 2.63 bits per heavy atom. The van der Waals surface area contributed by atoms with Crippen LogP contribution in [-0.4, -0.2) is 26.5 Å². The summed E-state index contributed by atoms with van der Waals surface area (Å²) >= 11 is 0. The molecule has 0 aliphatic heterocycles. The average Bonchev–Trinajstić information content (AvgIpc) is 3.40. The number of pyridine rings is 1. The molecule has 1 atom stereocenters. The number of benzene rings is 2. The summed E-state index contributed by atoms with van der Waals surface area (Å²) in [5.74, 6) is 1.65. The van der Waals surface area contributed by atoms with Gasteiger partial charge in [0, 0.05) is 30.2 Å². The van der Waals surface area contributed by atoms with Crippen molar-refractivity contribution in [1.82, 2.24) is 15.0 Å². The lowest BCUT2D eigenvalue weighted by molar-refractivity contribution is -0.117. The Morgan fingerprint density at radius 1 is 1.03 bits per heavy atom. The second kappa shape index (κ2) is 7.55. The first-order valence-electron chi connectivity index (χ1n) is 9.91. The van der Waals surface area contributed by atoms with E-state index < -0.39 is 0 Å². The maximum Gasteiger partial charge on any atom is 0.228 e. The van der Waals surface area contributed by atoms with Crippen LogP contribution >= 0.6 is 0 Å². The molecule has 0 spiro atoms. The van der Waals surface area contributed by atoms with Crippen LogP contribution in [0.3, 0.4) is 0 Å². The molecule has 5 rings (SSSR count). The summed E-state index contributed by atoms with van der Waals surface area (Å²) in [6, 6.07) is 18.3. The molecule has 1 aliphatic carbocycles. The van der Waals surface area contributed by atoms with Crippen molar-refractivity contribution in [3.8, 4) is 11.6 Å². The van der Waals surface area contributed by atoms with Crippen molar-refractivity contribution in [3.63, 3.8) is 0 Å². The number of nitrogens with one attached hydrogen (secondary N) is 1. The van der Waals surface area contributed by atoms with Crippen LogP contribution in [0.2, 0.25) is 0 Å². The van der Waals surface area contributed by atoms with Gasteiger partial charge in [0.1, 0.15) is 11.5 Å². The van der Waals surface area contributed by atoms with Gasteiger partial charge in [-0.1, -0.05) is 18.2 Å². The SMILES string of the molecule is O=C1CC[C@@H](c2cccnc2Oc2ccc(C(=O)c3nc4ccccc4[nH]3)cc2)C1. The lowest BCUT2D eigenvalue weighted by Crippen LogP contribution is -2.04. The van der Waals surface area contributed by atoms with Crippen molar-refractivity contribution in [2.45, 2.75) is 25.2 Å². The number of aromatic nitrogens is 3. The van der Waals surface area contributed by atoms with E-state index in [1.165, 1.54) is 0 Å². The predicted molar refractivity (Wildman–Crippen MR) is 112 cm³/mol. The Balaban J connectivity index is 1.36. The number of hydrogen-bond donors (Lipinski definition) is 1. The normalized spacial score (nSPS) is 16.1. The van der Waals surface area contributed by atoms with Gasteiger partial charge in [0.25, 0.3) is 0 Å². The maximum atomic E-state index is 12.8. The quantitative estimate of drug-likeness (QED) is 0.488. The summed E-state index contributed by atoms with van der Waals surface area (Å²) in [6.07, 6.45) is 3.64. The Hall–Kier alpha value is -3.80. The highest BCUT2D eigenvalue weighted by atomic mass is 16.5. The summed E-state index contributed by atoms with van der Waals surface area (Å²) in [5, 5.41) is 0. The number of carbonyl (C=O) groups is 2. The van der Waals surface area contributed by atoms with Gasteiger partial charge in [0.2, 0.25) is 11.7 Å². The minimum Gasteiger partial charge on any atom is -0.439 e. The molecule has 0 amide bonds. The predicted octanol–water partition coefficient (Wildman–Crippen LogP) is 4.82. The molecule has 2 aromatic heterocycles. The molecule has 148 valence electrons. The van der Waals surface area contributed by atoms with Crippen molar-refractivity contribution in [2.24, 2.45) is 0 Å². The van der Waals surface area contributed by atoms with Gasteiger partial charge in [-0.05, 0) is 54.8 Å². The number of ketones is 2. The van der Waals surface area contributed by atoms with Gasteiger partial charge in [-0.25, -0.2) is 9.97 Å². The van der Waals surface area contributed by atoms with E-state index in [0.29, 0.717) is 35.9 Å². The lowest BCUT2D eigenvalue weighted by Gasteiger charge is -2.14. The zero-order valence-corrected chi connectivity index (χ0v) is 16.2. The van der Waals surface area contributed by atoms with E-state index in [4.69, 9.17) is 4.74 Å². The van der Waals surface area contributed by atoms with Crippen molar-refractivity contribution < 1.29 is 14.3 Å². The first kappa shape index (κ1) is 18.2. The third-order valence-corrected chi connectivity index (χ3v) is 5.42. The second-order valence-electron chi connectivity index (χ2n) is 7.43. The molecule has 30 heavy (non-hydrogen) atoms. The highest BCUT2D eigenvalue weighted by molar-refractivity contribution is 6.08. The zero-order chi connectivity index (χ0) is 20.5. The van der Waals surface area contributed by atoms with Crippen LogP contribution in [-0.2, 0) is 4.79 Å². The fourth-order valence-electron chi connectivity index (χ4n) is 3.86. The average molecular weight is 397 g/mol. The van der Waals surface area contributed by atoms with Gasteiger partial charge in [0.15, 0.2) is 5.82 Å². The van der Waals surface area contributed by atoms with Crippen molar-refractivity contribution in [3.05, 3.63) is 83.8 Å². The largest absolute Gasteiger partial charge is 0.439 e. The minimum atomic E-state index is -0.180. The van der Waals surface area contributed by atoms with E-state index in [2.05, 4.69) is 15.0 Å². The molecule has 0 bridgehead atoms. The Labute approximate surface area is 172 Å². The summed E-state index contributed by atoms with van der Waals surface area (Å²) in [7, 11) is 0. The van der Waals surface area contributed by atoms with Crippen LogP contribution in [0.15, 0.2) is 66.9 Å². The minimum absolute atomic E-state index is 0.148. The second-order valence-corrected chi connectivity index (χ2v) is 7.43. The molecule has 6 nitrogen and oxygen atoms in total. The third-order valence-electron chi connectivity index (χ3n) is 5.42. The number of rotatable bonds is 5. The summed E-state index contributed by atoms with van der Waals surface area (Å²) in [6.45, 7) is 0. The topological polar surface area (TPSA) is 84.9 Å². The number of aromatic amines is 1. The molecule has 1 aliphatic rings. The van der Waals surface area contributed by atoms with Gasteiger partial charge in [-0.2, -0.15) is 0 Å². The fraction of sp³-hybridized carbons (Fsp3) is 0.167. The van der Waals surface area contributed by atoms with Crippen LogP contribution in [0.1, 0.15) is 46.9 Å². The number of ether oxygens (including phenoxy) is 1. The molecule has 2 aromatic carbocycles. The molecule has 1 fully saturated rings. The molecule has 1 N–H and O–H groups in total. The van der Waals surface area contributed by atoms with Gasteiger partial charge < -0.3 is 9.72 Å². The van der Waals surface area contributed by atoms with E-state index in [0.717, 1.165) is 23.0 Å². The Kier molecular flexibility index (Phi) is 4.59. The molecule has 0 radical (unpaired) electrons. The highest BCUT2D eigenvalue weighted by Gasteiger charge is 2.26. The van der Waals surface area contributed by atoms with Crippen LogP contribution in [0.25, 0.3) is 11.0 Å².